The van der Waals surface area contributed by atoms with E-state index in [2.05, 4.69) is 29.0 Å². The van der Waals surface area contributed by atoms with Gasteiger partial charge in [0, 0.05) is 50.0 Å². The summed E-state index contributed by atoms with van der Waals surface area (Å²) in [5.41, 5.74) is 1.64. The first-order chi connectivity index (χ1) is 13.9. The molecular weight excluding hydrogens is 386 g/mol. The zero-order valence-corrected chi connectivity index (χ0v) is 17.9. The highest BCUT2D eigenvalue weighted by Crippen LogP contribution is 2.18. The number of carbonyl (C=O) groups is 1. The number of benzene rings is 2. The van der Waals surface area contributed by atoms with Crippen LogP contribution in [0, 0.1) is 0 Å². The molecule has 6 nitrogen and oxygen atoms in total. The number of sulfone groups is 1. The second-order valence-corrected chi connectivity index (χ2v) is 9.66. The molecule has 1 saturated heterocycles. The Hall–Kier alpha value is -2.38. The minimum Gasteiger partial charge on any atom is -0.369 e. The van der Waals surface area contributed by atoms with Gasteiger partial charge >= 0.3 is 0 Å². The van der Waals surface area contributed by atoms with Gasteiger partial charge in [0.25, 0.3) is 5.91 Å². The molecule has 0 atom stereocenters. The Labute approximate surface area is 173 Å². The molecule has 1 aliphatic rings. The number of hydrogen-bond acceptors (Lipinski definition) is 5. The first kappa shape index (κ1) is 21.3. The van der Waals surface area contributed by atoms with Crippen molar-refractivity contribution in [3.05, 3.63) is 60.2 Å². The zero-order valence-electron chi connectivity index (χ0n) is 17.0. The van der Waals surface area contributed by atoms with E-state index in [4.69, 9.17) is 0 Å². The maximum atomic E-state index is 12.3. The lowest BCUT2D eigenvalue weighted by molar-refractivity contribution is 0.0956. The Kier molecular flexibility index (Phi) is 6.92. The van der Waals surface area contributed by atoms with Gasteiger partial charge in [-0.25, -0.2) is 8.42 Å². The number of nitrogens with zero attached hydrogens (tertiary/aromatic N) is 2. The SMILES string of the molecule is CC(C)N1CCN(c2ccc(C(=O)NCCS(=O)(=O)c3ccccc3)cc2)CC1. The highest BCUT2D eigenvalue weighted by molar-refractivity contribution is 7.91. The van der Waals surface area contributed by atoms with Gasteiger partial charge in [-0.1, -0.05) is 18.2 Å². The maximum absolute atomic E-state index is 12.3. The molecule has 0 spiro atoms. The molecule has 1 fully saturated rings. The van der Waals surface area contributed by atoms with Crippen LogP contribution in [-0.4, -0.2) is 63.7 Å². The van der Waals surface area contributed by atoms with E-state index < -0.39 is 9.84 Å². The van der Waals surface area contributed by atoms with E-state index in [0.717, 1.165) is 31.9 Å². The van der Waals surface area contributed by atoms with Gasteiger partial charge in [-0.05, 0) is 50.2 Å². The van der Waals surface area contributed by atoms with Crippen molar-refractivity contribution in [1.29, 1.82) is 0 Å². The van der Waals surface area contributed by atoms with Crippen molar-refractivity contribution in [1.82, 2.24) is 10.2 Å². The Morgan fingerprint density at radius 1 is 0.966 bits per heavy atom. The van der Waals surface area contributed by atoms with Crippen LogP contribution in [0.4, 0.5) is 5.69 Å². The molecule has 1 N–H and O–H groups in total. The van der Waals surface area contributed by atoms with Crippen molar-refractivity contribution in [2.24, 2.45) is 0 Å². The van der Waals surface area contributed by atoms with Crippen LogP contribution in [0.15, 0.2) is 59.5 Å². The lowest BCUT2D eigenvalue weighted by atomic mass is 10.1. The molecule has 0 aromatic heterocycles. The minimum absolute atomic E-state index is 0.0783. The molecule has 156 valence electrons. The lowest BCUT2D eigenvalue weighted by Crippen LogP contribution is -2.48. The van der Waals surface area contributed by atoms with E-state index in [1.54, 1.807) is 42.5 Å². The molecule has 2 aromatic carbocycles. The van der Waals surface area contributed by atoms with Crippen molar-refractivity contribution < 1.29 is 13.2 Å². The first-order valence-corrected chi connectivity index (χ1v) is 11.7. The van der Waals surface area contributed by atoms with E-state index in [0.29, 0.717) is 11.6 Å². The van der Waals surface area contributed by atoms with Gasteiger partial charge in [0.1, 0.15) is 0 Å². The predicted molar refractivity (Wildman–Crippen MR) is 116 cm³/mol. The molecule has 29 heavy (non-hydrogen) atoms. The van der Waals surface area contributed by atoms with Crippen molar-refractivity contribution >= 4 is 21.4 Å². The Bertz CT molecular complexity index is 904. The van der Waals surface area contributed by atoms with Gasteiger partial charge in [0.05, 0.1) is 10.6 Å². The number of anilines is 1. The Morgan fingerprint density at radius 3 is 2.17 bits per heavy atom. The Balaban J connectivity index is 1.51. The quantitative estimate of drug-likeness (QED) is 0.752. The van der Waals surface area contributed by atoms with Gasteiger partial charge in [-0.15, -0.1) is 0 Å². The third kappa shape index (κ3) is 5.58. The van der Waals surface area contributed by atoms with E-state index in [1.807, 2.05) is 12.1 Å². The number of hydrogen-bond donors (Lipinski definition) is 1. The zero-order chi connectivity index (χ0) is 20.9. The van der Waals surface area contributed by atoms with Crippen molar-refractivity contribution in [3.8, 4) is 0 Å². The number of rotatable bonds is 7. The molecule has 3 rings (SSSR count). The molecule has 1 aliphatic heterocycles. The number of nitrogens with one attached hydrogen (secondary N) is 1. The molecule has 0 saturated carbocycles. The molecule has 1 amide bonds. The van der Waals surface area contributed by atoms with E-state index in [1.165, 1.54) is 0 Å². The first-order valence-electron chi connectivity index (χ1n) is 10.0. The third-order valence-electron chi connectivity index (χ3n) is 5.30. The van der Waals surface area contributed by atoms with E-state index in [9.17, 15) is 13.2 Å². The minimum atomic E-state index is -3.40. The highest BCUT2D eigenvalue weighted by Gasteiger charge is 2.19. The van der Waals surface area contributed by atoms with Crippen LogP contribution in [0.5, 0.6) is 0 Å². The predicted octanol–water partition coefficient (Wildman–Crippen LogP) is 2.42. The van der Waals surface area contributed by atoms with Crippen molar-refractivity contribution in [3.63, 3.8) is 0 Å². The Morgan fingerprint density at radius 2 is 1.59 bits per heavy atom. The number of amides is 1. The second kappa shape index (κ2) is 9.41. The second-order valence-electron chi connectivity index (χ2n) is 7.55. The molecule has 0 unspecified atom stereocenters. The summed E-state index contributed by atoms with van der Waals surface area (Å²) in [7, 11) is -3.40. The summed E-state index contributed by atoms with van der Waals surface area (Å²) >= 11 is 0. The molecular formula is C22H29N3O3S. The average Bonchev–Trinajstić information content (AvgIpc) is 2.74. The molecule has 0 radical (unpaired) electrons. The normalized spacial score (nSPS) is 15.5. The molecule has 7 heteroatoms. The van der Waals surface area contributed by atoms with Crippen LogP contribution in [0.2, 0.25) is 0 Å². The lowest BCUT2D eigenvalue weighted by Gasteiger charge is -2.38. The highest BCUT2D eigenvalue weighted by atomic mass is 32.2. The van der Waals surface area contributed by atoms with Gasteiger partial charge in [-0.3, -0.25) is 9.69 Å². The third-order valence-corrected chi connectivity index (χ3v) is 7.03. The van der Waals surface area contributed by atoms with Gasteiger partial charge < -0.3 is 10.2 Å². The van der Waals surface area contributed by atoms with E-state index >= 15 is 0 Å². The van der Waals surface area contributed by atoms with Crippen molar-refractivity contribution in [2.45, 2.75) is 24.8 Å². The standard InChI is InChI=1S/C22H29N3O3S/c1-18(2)24-13-15-25(16-14-24)20-10-8-19(9-11-20)22(26)23-12-17-29(27,28)21-6-4-3-5-7-21/h3-11,18H,12-17H2,1-2H3,(H,23,26). The maximum Gasteiger partial charge on any atom is 0.251 e. The topological polar surface area (TPSA) is 69.7 Å². The number of carbonyl (C=O) groups excluding carboxylic acids is 1. The van der Waals surface area contributed by atoms with Crippen LogP contribution in [-0.2, 0) is 9.84 Å². The molecule has 0 aliphatic carbocycles. The van der Waals surface area contributed by atoms with Gasteiger partial charge in [-0.2, -0.15) is 0 Å². The molecule has 1 heterocycles. The fraction of sp³-hybridized carbons (Fsp3) is 0.409. The fourth-order valence-corrected chi connectivity index (χ4v) is 4.65. The van der Waals surface area contributed by atoms with Gasteiger partial charge in [0.2, 0.25) is 0 Å². The van der Waals surface area contributed by atoms with Crippen LogP contribution in [0.3, 0.4) is 0 Å². The average molecular weight is 416 g/mol. The summed E-state index contributed by atoms with van der Waals surface area (Å²) < 4.78 is 24.5. The van der Waals surface area contributed by atoms with Crippen LogP contribution < -0.4 is 10.2 Å². The molecule has 0 bridgehead atoms. The summed E-state index contributed by atoms with van der Waals surface area (Å²) in [5.74, 6) is -0.384. The molecule has 2 aromatic rings. The van der Waals surface area contributed by atoms with Crippen LogP contribution >= 0.6 is 0 Å². The van der Waals surface area contributed by atoms with Crippen LogP contribution in [0.1, 0.15) is 24.2 Å². The monoisotopic (exact) mass is 415 g/mol. The van der Waals surface area contributed by atoms with Crippen molar-refractivity contribution in [2.75, 3.05) is 43.4 Å². The van der Waals surface area contributed by atoms with Gasteiger partial charge in [0.15, 0.2) is 9.84 Å². The summed E-state index contributed by atoms with van der Waals surface area (Å²) in [5, 5.41) is 2.70. The fourth-order valence-electron chi connectivity index (χ4n) is 3.47. The number of piperazine rings is 1. The largest absolute Gasteiger partial charge is 0.369 e. The summed E-state index contributed by atoms with van der Waals surface area (Å²) in [6.07, 6.45) is 0. The summed E-state index contributed by atoms with van der Waals surface area (Å²) in [6, 6.07) is 16.4. The van der Waals surface area contributed by atoms with Crippen LogP contribution in [0.25, 0.3) is 0 Å². The summed E-state index contributed by atoms with van der Waals surface area (Å²) in [4.78, 5) is 17.4. The van der Waals surface area contributed by atoms with E-state index in [-0.39, 0.29) is 23.1 Å². The smallest absolute Gasteiger partial charge is 0.251 e. The summed E-state index contributed by atoms with van der Waals surface area (Å²) in [6.45, 7) is 8.53.